The number of nitrogens with zero attached hydrogens (tertiary/aromatic N) is 1. The number of aromatic nitrogens is 1. The molecule has 1 heterocycles. The van der Waals surface area contributed by atoms with E-state index in [0.717, 1.165) is 24.1 Å². The highest BCUT2D eigenvalue weighted by atomic mass is 16.1. The zero-order chi connectivity index (χ0) is 13.0. The lowest BCUT2D eigenvalue weighted by Gasteiger charge is -2.29. The second-order valence-corrected chi connectivity index (χ2v) is 5.16. The van der Waals surface area contributed by atoms with Crippen LogP contribution in [-0.2, 0) is 6.54 Å². The summed E-state index contributed by atoms with van der Waals surface area (Å²) in [7, 11) is 0. The molecule has 2 atom stereocenters. The molecule has 2 rings (SSSR count). The van der Waals surface area contributed by atoms with E-state index in [9.17, 15) is 4.79 Å². The van der Waals surface area contributed by atoms with Crippen LogP contribution in [0.4, 0.5) is 0 Å². The molecule has 0 amide bonds. The van der Waals surface area contributed by atoms with Gasteiger partial charge < -0.3 is 5.73 Å². The Labute approximate surface area is 109 Å². The molecule has 1 saturated carbocycles. The number of carbonyl (C=O) groups excluding carboxylic acids is 1. The van der Waals surface area contributed by atoms with Crippen molar-refractivity contribution in [2.24, 2.45) is 17.6 Å². The molecule has 1 aromatic rings. The average molecular weight is 246 g/mol. The highest BCUT2D eigenvalue weighted by Gasteiger charge is 2.30. The molecule has 3 nitrogen and oxygen atoms in total. The number of ketones is 1. The Morgan fingerprint density at radius 1 is 1.44 bits per heavy atom. The molecule has 0 saturated heterocycles. The third kappa shape index (κ3) is 2.78. The second kappa shape index (κ2) is 6.10. The molecule has 0 radical (unpaired) electrons. The summed E-state index contributed by atoms with van der Waals surface area (Å²) in [6.45, 7) is 2.58. The van der Waals surface area contributed by atoms with E-state index < -0.39 is 0 Å². The van der Waals surface area contributed by atoms with Gasteiger partial charge in [-0.25, -0.2) is 0 Å². The first-order valence-corrected chi connectivity index (χ1v) is 6.95. The van der Waals surface area contributed by atoms with Crippen LogP contribution in [0.1, 0.15) is 55.1 Å². The van der Waals surface area contributed by atoms with Crippen LogP contribution < -0.4 is 5.73 Å². The van der Waals surface area contributed by atoms with E-state index in [4.69, 9.17) is 5.73 Å². The third-order valence-electron chi connectivity index (χ3n) is 4.08. The molecular weight excluding hydrogens is 224 g/mol. The number of nitrogens with two attached hydrogens (primary N) is 1. The fraction of sp³-hybridized carbons (Fsp3) is 0.600. The Bertz CT molecular complexity index is 417. The molecule has 1 aliphatic carbocycles. The maximum Gasteiger partial charge on any atom is 0.166 e. The van der Waals surface area contributed by atoms with E-state index in [2.05, 4.69) is 11.9 Å². The van der Waals surface area contributed by atoms with Gasteiger partial charge in [0.1, 0.15) is 0 Å². The highest BCUT2D eigenvalue weighted by Crippen LogP contribution is 2.34. The molecule has 0 aromatic carbocycles. The van der Waals surface area contributed by atoms with E-state index in [1.807, 2.05) is 12.1 Å². The predicted octanol–water partition coefficient (Wildman–Crippen LogP) is 2.94. The summed E-state index contributed by atoms with van der Waals surface area (Å²) < 4.78 is 0. The first kappa shape index (κ1) is 13.2. The predicted molar refractivity (Wildman–Crippen MR) is 72.2 cm³/mol. The molecule has 0 bridgehead atoms. The number of carbonyl (C=O) groups is 1. The minimum atomic E-state index is 0.205. The summed E-state index contributed by atoms with van der Waals surface area (Å²) >= 11 is 0. The first-order valence-electron chi connectivity index (χ1n) is 6.95. The number of Topliss-reactive ketones (excluding diaryl/α,β-unsaturated/α-hetero) is 1. The van der Waals surface area contributed by atoms with E-state index in [1.54, 1.807) is 6.20 Å². The summed E-state index contributed by atoms with van der Waals surface area (Å²) in [5, 5.41) is 0. The lowest BCUT2D eigenvalue weighted by molar-refractivity contribution is 0.0820. The number of hydrogen-bond acceptors (Lipinski definition) is 3. The molecule has 1 aromatic heterocycles. The van der Waals surface area contributed by atoms with Gasteiger partial charge in [0, 0.05) is 24.2 Å². The van der Waals surface area contributed by atoms with Crippen molar-refractivity contribution in [1.29, 1.82) is 0 Å². The Morgan fingerprint density at radius 2 is 2.22 bits per heavy atom. The van der Waals surface area contributed by atoms with Gasteiger partial charge in [-0.3, -0.25) is 9.78 Å². The molecule has 98 valence electrons. The maximum atomic E-state index is 12.6. The van der Waals surface area contributed by atoms with Crippen LogP contribution in [0.25, 0.3) is 0 Å². The van der Waals surface area contributed by atoms with Gasteiger partial charge >= 0.3 is 0 Å². The third-order valence-corrected chi connectivity index (χ3v) is 4.08. The molecule has 0 spiro atoms. The van der Waals surface area contributed by atoms with Gasteiger partial charge in [-0.1, -0.05) is 26.2 Å². The van der Waals surface area contributed by atoms with E-state index >= 15 is 0 Å². The van der Waals surface area contributed by atoms with Crippen molar-refractivity contribution in [3.63, 3.8) is 0 Å². The van der Waals surface area contributed by atoms with Gasteiger partial charge in [-0.2, -0.15) is 0 Å². The molecule has 18 heavy (non-hydrogen) atoms. The second-order valence-electron chi connectivity index (χ2n) is 5.16. The smallest absolute Gasteiger partial charge is 0.166 e. The SMILES string of the molecule is CCC1CCCCC1C(=O)c1ccnc(CN)c1. The van der Waals surface area contributed by atoms with Crippen molar-refractivity contribution in [2.75, 3.05) is 0 Å². The largest absolute Gasteiger partial charge is 0.325 e. The number of hydrogen-bond donors (Lipinski definition) is 1. The minimum Gasteiger partial charge on any atom is -0.325 e. The van der Waals surface area contributed by atoms with Crippen LogP contribution in [0.5, 0.6) is 0 Å². The van der Waals surface area contributed by atoms with Gasteiger partial charge in [0.05, 0.1) is 5.69 Å². The normalized spacial score (nSPS) is 23.9. The van der Waals surface area contributed by atoms with Crippen LogP contribution >= 0.6 is 0 Å². The van der Waals surface area contributed by atoms with Crippen LogP contribution in [0, 0.1) is 11.8 Å². The number of rotatable bonds is 4. The Kier molecular flexibility index (Phi) is 4.48. The fourth-order valence-corrected chi connectivity index (χ4v) is 3.00. The summed E-state index contributed by atoms with van der Waals surface area (Å²) in [5.41, 5.74) is 7.16. The summed E-state index contributed by atoms with van der Waals surface area (Å²) in [5.74, 6) is 1.05. The van der Waals surface area contributed by atoms with Gasteiger partial charge in [0.25, 0.3) is 0 Å². The van der Waals surface area contributed by atoms with E-state index in [-0.39, 0.29) is 5.92 Å². The quantitative estimate of drug-likeness (QED) is 0.831. The van der Waals surface area contributed by atoms with Crippen molar-refractivity contribution in [1.82, 2.24) is 4.98 Å². The molecule has 1 fully saturated rings. The molecule has 2 N–H and O–H groups in total. The van der Waals surface area contributed by atoms with Crippen LogP contribution in [-0.4, -0.2) is 10.8 Å². The Hall–Kier alpha value is -1.22. The minimum absolute atomic E-state index is 0.205. The van der Waals surface area contributed by atoms with E-state index in [1.165, 1.54) is 19.3 Å². The topological polar surface area (TPSA) is 56.0 Å². The lowest BCUT2D eigenvalue weighted by atomic mass is 9.74. The summed E-state index contributed by atoms with van der Waals surface area (Å²) in [6, 6.07) is 3.67. The number of pyridine rings is 1. The first-order chi connectivity index (χ1) is 8.76. The lowest BCUT2D eigenvalue weighted by Crippen LogP contribution is -2.27. The van der Waals surface area contributed by atoms with Gasteiger partial charge in [0.2, 0.25) is 0 Å². The monoisotopic (exact) mass is 246 g/mol. The molecule has 0 aliphatic heterocycles. The standard InChI is InChI=1S/C15H22N2O/c1-2-11-5-3-4-6-14(11)15(18)12-7-8-17-13(9-12)10-16/h7-9,11,14H,2-6,10,16H2,1H3. The van der Waals surface area contributed by atoms with Crippen molar-refractivity contribution in [3.8, 4) is 0 Å². The Balaban J connectivity index is 2.18. The van der Waals surface area contributed by atoms with Crippen molar-refractivity contribution >= 4 is 5.78 Å². The zero-order valence-corrected chi connectivity index (χ0v) is 11.1. The molecule has 2 unspecified atom stereocenters. The van der Waals surface area contributed by atoms with Crippen LogP contribution in [0.2, 0.25) is 0 Å². The van der Waals surface area contributed by atoms with Gasteiger partial charge in [-0.15, -0.1) is 0 Å². The molecule has 1 aliphatic rings. The van der Waals surface area contributed by atoms with Crippen LogP contribution in [0.15, 0.2) is 18.3 Å². The maximum absolute atomic E-state index is 12.6. The van der Waals surface area contributed by atoms with E-state index in [0.29, 0.717) is 18.2 Å². The zero-order valence-electron chi connectivity index (χ0n) is 11.1. The summed E-state index contributed by atoms with van der Waals surface area (Å²) in [4.78, 5) is 16.7. The van der Waals surface area contributed by atoms with Crippen molar-refractivity contribution in [3.05, 3.63) is 29.6 Å². The Morgan fingerprint density at radius 3 is 2.94 bits per heavy atom. The highest BCUT2D eigenvalue weighted by molar-refractivity contribution is 5.98. The van der Waals surface area contributed by atoms with Crippen LogP contribution in [0.3, 0.4) is 0 Å². The van der Waals surface area contributed by atoms with Crippen molar-refractivity contribution < 1.29 is 4.79 Å². The molecule has 3 heteroatoms. The van der Waals surface area contributed by atoms with Gasteiger partial charge in [-0.05, 0) is 30.9 Å². The fourth-order valence-electron chi connectivity index (χ4n) is 3.00. The van der Waals surface area contributed by atoms with Crippen molar-refractivity contribution in [2.45, 2.75) is 45.6 Å². The summed E-state index contributed by atoms with van der Waals surface area (Å²) in [6.07, 6.45) is 7.48. The van der Waals surface area contributed by atoms with Gasteiger partial charge in [0.15, 0.2) is 5.78 Å². The molecular formula is C15H22N2O. The average Bonchev–Trinajstić information content (AvgIpc) is 2.46.